The highest BCUT2D eigenvalue weighted by molar-refractivity contribution is 7.89. The van der Waals surface area contributed by atoms with Crippen LogP contribution in [0.3, 0.4) is 0 Å². The second kappa shape index (κ2) is 8.39. The molecule has 148 valence electrons. The fraction of sp³-hybridized carbons (Fsp3) is 0.579. The van der Waals surface area contributed by atoms with E-state index in [0.29, 0.717) is 38.9 Å². The number of carboxylic acids is 1. The number of carbonyl (C=O) groups is 2. The van der Waals surface area contributed by atoms with Gasteiger partial charge in [-0.2, -0.15) is 4.31 Å². The van der Waals surface area contributed by atoms with Crippen LogP contribution in [0.4, 0.5) is 0 Å². The Kier molecular flexibility index (Phi) is 6.16. The summed E-state index contributed by atoms with van der Waals surface area (Å²) in [6.07, 6.45) is 4.77. The largest absolute Gasteiger partial charge is 0.480 e. The molecule has 1 N–H and O–H groups in total. The minimum Gasteiger partial charge on any atom is -0.480 e. The van der Waals surface area contributed by atoms with Gasteiger partial charge in [0.25, 0.3) is 0 Å². The number of likely N-dealkylation sites (tertiary alicyclic amines) is 1. The van der Waals surface area contributed by atoms with Crippen LogP contribution < -0.4 is 0 Å². The molecule has 1 amide bonds. The number of piperidine rings is 1. The van der Waals surface area contributed by atoms with E-state index in [0.717, 1.165) is 24.8 Å². The molecule has 2 saturated heterocycles. The van der Waals surface area contributed by atoms with Gasteiger partial charge in [-0.15, -0.1) is 0 Å². The van der Waals surface area contributed by atoms with Crippen LogP contribution in [0.1, 0.15) is 44.1 Å². The van der Waals surface area contributed by atoms with Gasteiger partial charge < -0.3 is 10.0 Å². The number of benzene rings is 1. The van der Waals surface area contributed by atoms with Crippen LogP contribution >= 0.6 is 0 Å². The third-order valence-electron chi connectivity index (χ3n) is 5.36. The molecule has 2 aliphatic heterocycles. The lowest BCUT2D eigenvalue weighted by Gasteiger charge is -2.25. The zero-order valence-electron chi connectivity index (χ0n) is 15.3. The zero-order chi connectivity index (χ0) is 19.4. The molecule has 2 aliphatic rings. The lowest BCUT2D eigenvalue weighted by atomic mass is 10.1. The van der Waals surface area contributed by atoms with E-state index >= 15 is 0 Å². The second-order valence-corrected chi connectivity index (χ2v) is 9.13. The maximum atomic E-state index is 12.6. The molecule has 3 rings (SSSR count). The standard InChI is InChI=1S/C19H26N2O5S/c22-18(21-14-4-5-17(21)19(23)24)11-8-15-6-9-16(10-7-15)27(25,26)20-12-2-1-3-13-20/h6-7,9-10,17H,1-5,8,11-14H2,(H,23,24)/t17-/m1/s1. The van der Waals surface area contributed by atoms with Crippen LogP contribution in [-0.2, 0) is 26.0 Å². The maximum absolute atomic E-state index is 12.6. The number of aryl methyl sites for hydroxylation is 1. The van der Waals surface area contributed by atoms with Gasteiger partial charge in [0.1, 0.15) is 6.04 Å². The van der Waals surface area contributed by atoms with Crippen molar-refractivity contribution in [2.45, 2.75) is 55.9 Å². The summed E-state index contributed by atoms with van der Waals surface area (Å²) >= 11 is 0. The van der Waals surface area contributed by atoms with E-state index in [1.165, 1.54) is 9.21 Å². The summed E-state index contributed by atoms with van der Waals surface area (Å²) in [6.45, 7) is 1.63. The number of amides is 1. The molecule has 1 atom stereocenters. The minimum absolute atomic E-state index is 0.162. The van der Waals surface area contributed by atoms with Crippen molar-refractivity contribution in [2.24, 2.45) is 0 Å². The summed E-state index contributed by atoms with van der Waals surface area (Å²) in [5, 5.41) is 9.18. The molecule has 0 aromatic heterocycles. The number of rotatable bonds is 6. The lowest BCUT2D eigenvalue weighted by Crippen LogP contribution is -2.40. The average Bonchev–Trinajstić information content (AvgIpc) is 3.17. The van der Waals surface area contributed by atoms with E-state index in [1.807, 2.05) is 0 Å². The number of carbonyl (C=O) groups excluding carboxylic acids is 1. The SMILES string of the molecule is O=C(O)[C@H]1CCCN1C(=O)CCc1ccc(S(=O)(=O)N2CCCCC2)cc1. The first kappa shape index (κ1) is 19.8. The van der Waals surface area contributed by atoms with E-state index < -0.39 is 22.0 Å². The Morgan fingerprint density at radius 3 is 2.30 bits per heavy atom. The van der Waals surface area contributed by atoms with Crippen molar-refractivity contribution in [1.29, 1.82) is 0 Å². The summed E-state index contributed by atoms with van der Waals surface area (Å²) in [6, 6.07) is 5.96. The average molecular weight is 394 g/mol. The van der Waals surface area contributed by atoms with Gasteiger partial charge in [-0.3, -0.25) is 4.79 Å². The topological polar surface area (TPSA) is 95.0 Å². The van der Waals surface area contributed by atoms with Crippen LogP contribution in [0.25, 0.3) is 0 Å². The molecule has 0 spiro atoms. The van der Waals surface area contributed by atoms with Crippen molar-refractivity contribution >= 4 is 21.9 Å². The number of hydrogen-bond acceptors (Lipinski definition) is 4. The van der Waals surface area contributed by atoms with Gasteiger partial charge in [0.05, 0.1) is 4.90 Å². The summed E-state index contributed by atoms with van der Waals surface area (Å²) in [5.41, 5.74) is 0.868. The second-order valence-electron chi connectivity index (χ2n) is 7.19. The zero-order valence-corrected chi connectivity index (χ0v) is 16.2. The molecule has 0 bridgehead atoms. The third kappa shape index (κ3) is 4.50. The van der Waals surface area contributed by atoms with Crippen molar-refractivity contribution in [3.63, 3.8) is 0 Å². The van der Waals surface area contributed by atoms with Crippen molar-refractivity contribution < 1.29 is 23.1 Å². The highest BCUT2D eigenvalue weighted by atomic mass is 32.2. The molecule has 27 heavy (non-hydrogen) atoms. The summed E-state index contributed by atoms with van der Waals surface area (Å²) in [5.74, 6) is -1.11. The van der Waals surface area contributed by atoms with E-state index in [2.05, 4.69) is 0 Å². The predicted molar refractivity (Wildman–Crippen MR) is 99.7 cm³/mol. The van der Waals surface area contributed by atoms with Crippen molar-refractivity contribution in [1.82, 2.24) is 9.21 Å². The Labute approximate surface area is 160 Å². The molecular weight excluding hydrogens is 368 g/mol. The molecule has 0 saturated carbocycles. The monoisotopic (exact) mass is 394 g/mol. The van der Waals surface area contributed by atoms with E-state index in [9.17, 15) is 23.1 Å². The molecule has 8 heteroatoms. The smallest absolute Gasteiger partial charge is 0.326 e. The fourth-order valence-corrected chi connectivity index (χ4v) is 5.32. The molecule has 7 nitrogen and oxygen atoms in total. The molecular formula is C19H26N2O5S. The number of nitrogens with zero attached hydrogens (tertiary/aromatic N) is 2. The first-order valence-corrected chi connectivity index (χ1v) is 10.9. The van der Waals surface area contributed by atoms with E-state index in [-0.39, 0.29) is 17.2 Å². The molecule has 0 radical (unpaired) electrons. The van der Waals surface area contributed by atoms with Gasteiger partial charge in [0.15, 0.2) is 0 Å². The summed E-state index contributed by atoms with van der Waals surface area (Å²) in [4.78, 5) is 25.2. The van der Waals surface area contributed by atoms with Crippen LogP contribution in [0.5, 0.6) is 0 Å². The molecule has 2 fully saturated rings. The number of hydrogen-bond donors (Lipinski definition) is 1. The Balaban J connectivity index is 1.59. The van der Waals surface area contributed by atoms with Gasteiger partial charge in [0.2, 0.25) is 15.9 Å². The normalized spacial score (nSPS) is 21.3. The fourth-order valence-electron chi connectivity index (χ4n) is 3.80. The third-order valence-corrected chi connectivity index (χ3v) is 7.27. The van der Waals surface area contributed by atoms with Gasteiger partial charge >= 0.3 is 5.97 Å². The van der Waals surface area contributed by atoms with Gasteiger partial charge in [-0.1, -0.05) is 18.6 Å². The van der Waals surface area contributed by atoms with Crippen molar-refractivity contribution in [3.05, 3.63) is 29.8 Å². The van der Waals surface area contributed by atoms with Crippen LogP contribution in [-0.4, -0.2) is 60.3 Å². The van der Waals surface area contributed by atoms with Crippen LogP contribution in [0.15, 0.2) is 29.2 Å². The highest BCUT2D eigenvalue weighted by Crippen LogP contribution is 2.22. The van der Waals surface area contributed by atoms with Gasteiger partial charge in [0, 0.05) is 26.1 Å². The number of carboxylic acid groups (broad SMARTS) is 1. The number of aliphatic carboxylic acids is 1. The van der Waals surface area contributed by atoms with Crippen molar-refractivity contribution in [2.75, 3.05) is 19.6 Å². The first-order chi connectivity index (χ1) is 12.9. The Bertz CT molecular complexity index is 785. The maximum Gasteiger partial charge on any atom is 0.326 e. The minimum atomic E-state index is -3.45. The molecule has 0 aliphatic carbocycles. The molecule has 0 unspecified atom stereocenters. The van der Waals surface area contributed by atoms with E-state index in [4.69, 9.17) is 0 Å². The highest BCUT2D eigenvalue weighted by Gasteiger charge is 2.33. The lowest BCUT2D eigenvalue weighted by molar-refractivity contribution is -0.148. The van der Waals surface area contributed by atoms with Crippen LogP contribution in [0.2, 0.25) is 0 Å². The summed E-state index contributed by atoms with van der Waals surface area (Å²) < 4.78 is 26.8. The Morgan fingerprint density at radius 2 is 1.67 bits per heavy atom. The van der Waals surface area contributed by atoms with Crippen molar-refractivity contribution in [3.8, 4) is 0 Å². The summed E-state index contributed by atoms with van der Waals surface area (Å²) in [7, 11) is -3.45. The Hall–Kier alpha value is -1.93. The van der Waals surface area contributed by atoms with Gasteiger partial charge in [-0.25, -0.2) is 13.2 Å². The van der Waals surface area contributed by atoms with Crippen LogP contribution in [0, 0.1) is 0 Å². The quantitative estimate of drug-likeness (QED) is 0.795. The number of sulfonamides is 1. The molecule has 1 aromatic carbocycles. The predicted octanol–water partition coefficient (Wildman–Crippen LogP) is 1.87. The Morgan fingerprint density at radius 1 is 1.00 bits per heavy atom. The molecule has 1 aromatic rings. The first-order valence-electron chi connectivity index (χ1n) is 9.51. The van der Waals surface area contributed by atoms with Gasteiger partial charge in [-0.05, 0) is 49.8 Å². The van der Waals surface area contributed by atoms with E-state index in [1.54, 1.807) is 24.3 Å². The molecule has 2 heterocycles.